The molecule has 2 aromatic rings. The third-order valence-electron chi connectivity index (χ3n) is 4.09. The Morgan fingerprint density at radius 1 is 1.08 bits per heavy atom. The lowest BCUT2D eigenvalue weighted by atomic mass is 10.1. The molecule has 0 aliphatic carbocycles. The van der Waals surface area contributed by atoms with E-state index in [9.17, 15) is 4.79 Å². The van der Waals surface area contributed by atoms with Gasteiger partial charge in [0.1, 0.15) is 18.1 Å². The molecule has 2 aromatic carbocycles. The first-order valence-corrected chi connectivity index (χ1v) is 8.79. The van der Waals surface area contributed by atoms with E-state index in [1.165, 1.54) is 0 Å². The Kier molecular flexibility index (Phi) is 7.33. The first-order chi connectivity index (χ1) is 12.2. The number of rotatable bonds is 9. The fourth-order valence-corrected chi connectivity index (χ4v) is 2.59. The molecule has 0 saturated heterocycles. The van der Waals surface area contributed by atoms with Crippen molar-refractivity contribution in [3.05, 3.63) is 59.2 Å². The van der Waals surface area contributed by atoms with Crippen molar-refractivity contribution in [2.24, 2.45) is 0 Å². The van der Waals surface area contributed by atoms with E-state index in [1.54, 1.807) is 13.2 Å². The summed E-state index contributed by atoms with van der Waals surface area (Å²) in [4.78, 5) is 12.3. The van der Waals surface area contributed by atoms with Crippen molar-refractivity contribution in [3.8, 4) is 11.5 Å². The molecule has 1 amide bonds. The lowest BCUT2D eigenvalue weighted by Crippen LogP contribution is -2.24. The van der Waals surface area contributed by atoms with Gasteiger partial charge in [0.2, 0.25) is 0 Å². The van der Waals surface area contributed by atoms with Gasteiger partial charge >= 0.3 is 0 Å². The number of hydrogen-bond donors (Lipinski definition) is 1. The zero-order valence-electron chi connectivity index (χ0n) is 15.3. The summed E-state index contributed by atoms with van der Waals surface area (Å²) in [6.07, 6.45) is 3.26. The van der Waals surface area contributed by atoms with Crippen LogP contribution in [0.15, 0.2) is 42.5 Å². The van der Waals surface area contributed by atoms with E-state index in [2.05, 4.69) is 12.2 Å². The summed E-state index contributed by atoms with van der Waals surface area (Å²) in [6.45, 7) is 5.21. The first-order valence-electron chi connectivity index (χ1n) is 8.79. The number of ether oxygens (including phenoxy) is 2. The van der Waals surface area contributed by atoms with Gasteiger partial charge in [-0.2, -0.15) is 0 Å². The maximum Gasteiger partial charge on any atom is 0.251 e. The van der Waals surface area contributed by atoms with E-state index in [0.29, 0.717) is 18.7 Å². The molecule has 0 saturated carbocycles. The van der Waals surface area contributed by atoms with Crippen molar-refractivity contribution in [3.63, 3.8) is 0 Å². The number of unbranched alkanes of at least 4 members (excludes halogenated alkanes) is 2. The van der Waals surface area contributed by atoms with Gasteiger partial charge in [-0.25, -0.2) is 0 Å². The molecule has 0 bridgehead atoms. The molecule has 0 spiro atoms. The largest absolute Gasteiger partial charge is 0.496 e. The van der Waals surface area contributed by atoms with Crippen LogP contribution >= 0.6 is 0 Å². The maximum atomic E-state index is 12.3. The molecular formula is C21H27NO3. The SMILES string of the molecule is CCCCCNC(=O)c1ccc(OC)c(COc2ccccc2C)c1. The molecule has 0 aliphatic rings. The molecule has 25 heavy (non-hydrogen) atoms. The molecule has 1 N–H and O–H groups in total. The van der Waals surface area contributed by atoms with Crippen LogP contribution in [0.3, 0.4) is 0 Å². The van der Waals surface area contributed by atoms with Crippen LogP contribution < -0.4 is 14.8 Å². The van der Waals surface area contributed by atoms with Gasteiger partial charge < -0.3 is 14.8 Å². The fourth-order valence-electron chi connectivity index (χ4n) is 2.59. The molecule has 134 valence electrons. The smallest absolute Gasteiger partial charge is 0.251 e. The Balaban J connectivity index is 2.06. The highest BCUT2D eigenvalue weighted by Gasteiger charge is 2.11. The fraction of sp³-hybridized carbons (Fsp3) is 0.381. The number of carbonyl (C=O) groups excluding carboxylic acids is 1. The van der Waals surface area contributed by atoms with E-state index in [1.807, 2.05) is 43.3 Å². The molecule has 2 rings (SSSR count). The average Bonchev–Trinajstić information content (AvgIpc) is 2.64. The van der Waals surface area contributed by atoms with Crippen molar-refractivity contribution in [1.29, 1.82) is 0 Å². The summed E-state index contributed by atoms with van der Waals surface area (Å²) in [7, 11) is 1.62. The molecule has 4 nitrogen and oxygen atoms in total. The van der Waals surface area contributed by atoms with Gasteiger partial charge in [-0.05, 0) is 43.2 Å². The summed E-state index contributed by atoms with van der Waals surface area (Å²) in [5, 5.41) is 2.96. The Bertz CT molecular complexity index is 697. The highest BCUT2D eigenvalue weighted by molar-refractivity contribution is 5.94. The van der Waals surface area contributed by atoms with Crippen molar-refractivity contribution in [2.75, 3.05) is 13.7 Å². The normalized spacial score (nSPS) is 10.4. The third kappa shape index (κ3) is 5.52. The molecule has 0 fully saturated rings. The van der Waals surface area contributed by atoms with Gasteiger partial charge in [0.05, 0.1) is 7.11 Å². The summed E-state index contributed by atoms with van der Waals surface area (Å²) >= 11 is 0. The number of para-hydroxylation sites is 1. The quantitative estimate of drug-likeness (QED) is 0.683. The molecule has 0 aliphatic heterocycles. The summed E-state index contributed by atoms with van der Waals surface area (Å²) in [6, 6.07) is 13.3. The molecule has 0 aromatic heterocycles. The molecule has 0 unspecified atom stereocenters. The zero-order chi connectivity index (χ0) is 18.1. The lowest BCUT2D eigenvalue weighted by Gasteiger charge is -2.13. The standard InChI is InChI=1S/C21H27NO3/c1-4-5-8-13-22-21(23)17-11-12-20(24-3)18(14-17)15-25-19-10-7-6-9-16(19)2/h6-7,9-12,14H,4-5,8,13,15H2,1-3H3,(H,22,23). The van der Waals surface area contributed by atoms with Crippen molar-refractivity contribution in [2.45, 2.75) is 39.7 Å². The Morgan fingerprint density at radius 2 is 1.88 bits per heavy atom. The topological polar surface area (TPSA) is 47.6 Å². The van der Waals surface area contributed by atoms with Crippen LogP contribution in [-0.2, 0) is 6.61 Å². The monoisotopic (exact) mass is 341 g/mol. The molecule has 4 heteroatoms. The van der Waals surface area contributed by atoms with Gasteiger partial charge in [0.25, 0.3) is 5.91 Å². The Labute approximate surface area is 150 Å². The van der Waals surface area contributed by atoms with Crippen LogP contribution in [0.25, 0.3) is 0 Å². The Morgan fingerprint density at radius 3 is 2.60 bits per heavy atom. The number of nitrogens with one attached hydrogen (secondary N) is 1. The maximum absolute atomic E-state index is 12.3. The predicted molar refractivity (Wildman–Crippen MR) is 100 cm³/mol. The second kappa shape index (κ2) is 9.72. The second-order valence-electron chi connectivity index (χ2n) is 6.04. The van der Waals surface area contributed by atoms with Crippen molar-refractivity contribution < 1.29 is 14.3 Å². The van der Waals surface area contributed by atoms with Crippen LogP contribution in [0.2, 0.25) is 0 Å². The minimum Gasteiger partial charge on any atom is -0.496 e. The number of hydrogen-bond acceptors (Lipinski definition) is 3. The van der Waals surface area contributed by atoms with E-state index in [-0.39, 0.29) is 5.91 Å². The van der Waals surface area contributed by atoms with Gasteiger partial charge in [-0.15, -0.1) is 0 Å². The predicted octanol–water partition coefficient (Wildman–Crippen LogP) is 4.50. The van der Waals surface area contributed by atoms with Crippen LogP contribution in [0, 0.1) is 6.92 Å². The number of amides is 1. The summed E-state index contributed by atoms with van der Waals surface area (Å²) in [5.74, 6) is 1.49. The van der Waals surface area contributed by atoms with Gasteiger partial charge in [-0.3, -0.25) is 4.79 Å². The van der Waals surface area contributed by atoms with E-state index >= 15 is 0 Å². The van der Waals surface area contributed by atoms with Gasteiger partial charge in [0.15, 0.2) is 0 Å². The van der Waals surface area contributed by atoms with E-state index in [4.69, 9.17) is 9.47 Å². The summed E-state index contributed by atoms with van der Waals surface area (Å²) < 4.78 is 11.3. The van der Waals surface area contributed by atoms with Crippen molar-refractivity contribution in [1.82, 2.24) is 5.32 Å². The van der Waals surface area contributed by atoms with Crippen LogP contribution in [0.4, 0.5) is 0 Å². The first kappa shape index (κ1) is 18.8. The van der Waals surface area contributed by atoms with E-state index in [0.717, 1.165) is 41.9 Å². The lowest BCUT2D eigenvalue weighted by molar-refractivity contribution is 0.0952. The average molecular weight is 341 g/mol. The molecule has 0 atom stereocenters. The van der Waals surface area contributed by atoms with Crippen LogP contribution in [-0.4, -0.2) is 19.6 Å². The highest BCUT2D eigenvalue weighted by atomic mass is 16.5. The van der Waals surface area contributed by atoms with Crippen LogP contribution in [0.5, 0.6) is 11.5 Å². The number of methoxy groups -OCH3 is 1. The number of benzene rings is 2. The molecule has 0 heterocycles. The minimum absolute atomic E-state index is 0.0594. The summed E-state index contributed by atoms with van der Waals surface area (Å²) in [5.41, 5.74) is 2.55. The number of carbonyl (C=O) groups is 1. The third-order valence-corrected chi connectivity index (χ3v) is 4.09. The van der Waals surface area contributed by atoms with Crippen molar-refractivity contribution >= 4 is 5.91 Å². The van der Waals surface area contributed by atoms with E-state index < -0.39 is 0 Å². The Hall–Kier alpha value is -2.49. The molecule has 0 radical (unpaired) electrons. The van der Waals surface area contributed by atoms with Gasteiger partial charge in [0, 0.05) is 17.7 Å². The highest BCUT2D eigenvalue weighted by Crippen LogP contribution is 2.24. The van der Waals surface area contributed by atoms with Gasteiger partial charge in [-0.1, -0.05) is 38.0 Å². The number of aryl methyl sites for hydroxylation is 1. The van der Waals surface area contributed by atoms with Crippen LogP contribution in [0.1, 0.15) is 47.7 Å². The second-order valence-corrected chi connectivity index (χ2v) is 6.04. The zero-order valence-corrected chi connectivity index (χ0v) is 15.3. The minimum atomic E-state index is -0.0594. The molecular weight excluding hydrogens is 314 g/mol.